The molecule has 8 nitrogen and oxygen atoms in total. The van der Waals surface area contributed by atoms with Crippen LogP contribution in [-0.2, 0) is 17.9 Å². The van der Waals surface area contributed by atoms with E-state index in [1.165, 1.54) is 35.8 Å². The predicted molar refractivity (Wildman–Crippen MR) is 125 cm³/mol. The van der Waals surface area contributed by atoms with Crippen LogP contribution in [0.4, 0.5) is 0 Å². The number of ketones is 1. The van der Waals surface area contributed by atoms with Crippen LogP contribution in [0.3, 0.4) is 0 Å². The van der Waals surface area contributed by atoms with Crippen LogP contribution in [0.1, 0.15) is 23.0 Å². The molecule has 9 heteroatoms. The van der Waals surface area contributed by atoms with E-state index in [1.54, 1.807) is 36.5 Å². The molecule has 33 heavy (non-hydrogen) atoms. The zero-order chi connectivity index (χ0) is 23.5. The lowest BCUT2D eigenvalue weighted by atomic mass is 10.1. The number of carbonyl (C=O) groups is 2. The zero-order valence-corrected chi connectivity index (χ0v) is 18.4. The van der Waals surface area contributed by atoms with Crippen LogP contribution in [0.25, 0.3) is 16.6 Å². The number of rotatable bonds is 6. The van der Waals surface area contributed by atoms with Gasteiger partial charge in [0.2, 0.25) is 5.91 Å². The molecule has 4 aromatic rings. The number of Topliss-reactive ketones (excluding diaryl/α,β-unsaturated/α-hetero) is 1. The van der Waals surface area contributed by atoms with Crippen LogP contribution in [-0.4, -0.2) is 25.8 Å². The summed E-state index contributed by atoms with van der Waals surface area (Å²) in [5.41, 5.74) is 0.414. The number of hydrogen-bond donors (Lipinski definition) is 1. The maximum Gasteiger partial charge on any atom is 0.336 e. The predicted octanol–water partition coefficient (Wildman–Crippen LogP) is 2.72. The zero-order valence-electron chi connectivity index (χ0n) is 17.6. The quantitative estimate of drug-likeness (QED) is 0.444. The number of aromatic nitrogens is 3. The van der Waals surface area contributed by atoms with Crippen molar-refractivity contribution in [2.75, 3.05) is 0 Å². The van der Waals surface area contributed by atoms with Gasteiger partial charge in [0.1, 0.15) is 6.54 Å². The molecule has 2 aromatic heterocycles. The van der Waals surface area contributed by atoms with Gasteiger partial charge in [0.25, 0.3) is 5.56 Å². The number of benzene rings is 2. The van der Waals surface area contributed by atoms with Crippen LogP contribution in [0.15, 0.2) is 76.4 Å². The van der Waals surface area contributed by atoms with Crippen LogP contribution in [0.2, 0.25) is 5.02 Å². The van der Waals surface area contributed by atoms with E-state index in [9.17, 15) is 19.2 Å². The highest BCUT2D eigenvalue weighted by molar-refractivity contribution is 6.31. The fraction of sp³-hybridized carbons (Fsp3) is 0.125. The van der Waals surface area contributed by atoms with Gasteiger partial charge in [-0.2, -0.15) is 0 Å². The normalized spacial score (nSPS) is 10.8. The van der Waals surface area contributed by atoms with Gasteiger partial charge in [0, 0.05) is 16.8 Å². The molecule has 0 spiro atoms. The first kappa shape index (κ1) is 22.2. The van der Waals surface area contributed by atoms with Crippen molar-refractivity contribution in [2.24, 2.45) is 0 Å². The summed E-state index contributed by atoms with van der Waals surface area (Å²) in [5.74, 6) is -0.565. The minimum absolute atomic E-state index is 0.135. The number of halogens is 1. The molecule has 166 valence electrons. The molecule has 0 bridgehead atoms. The number of nitrogens with zero attached hydrogens (tertiary/aromatic N) is 3. The third kappa shape index (κ3) is 4.61. The highest BCUT2D eigenvalue weighted by Crippen LogP contribution is 2.17. The Kier molecular flexibility index (Phi) is 6.19. The van der Waals surface area contributed by atoms with Crippen molar-refractivity contribution in [3.63, 3.8) is 0 Å². The van der Waals surface area contributed by atoms with Crippen molar-refractivity contribution < 1.29 is 9.59 Å². The maximum atomic E-state index is 13.4. The summed E-state index contributed by atoms with van der Waals surface area (Å²) < 4.78 is 2.18. The molecule has 1 amide bonds. The van der Waals surface area contributed by atoms with E-state index in [2.05, 4.69) is 10.3 Å². The Bertz CT molecular complexity index is 1480. The van der Waals surface area contributed by atoms with Gasteiger partial charge in [-0.1, -0.05) is 17.7 Å². The van der Waals surface area contributed by atoms with E-state index in [-0.39, 0.29) is 35.5 Å². The number of hydrogen-bond acceptors (Lipinski definition) is 5. The van der Waals surface area contributed by atoms with Gasteiger partial charge in [0.15, 0.2) is 5.78 Å². The Morgan fingerprint density at radius 1 is 1.03 bits per heavy atom. The summed E-state index contributed by atoms with van der Waals surface area (Å²) in [6.07, 6.45) is 1.62. The molecule has 0 fully saturated rings. The molecule has 0 radical (unpaired) electrons. The second kappa shape index (κ2) is 9.22. The van der Waals surface area contributed by atoms with Gasteiger partial charge >= 0.3 is 5.69 Å². The Balaban J connectivity index is 1.78. The Morgan fingerprint density at radius 2 is 1.79 bits per heavy atom. The molecule has 1 N–H and O–H groups in total. The second-order valence-electron chi connectivity index (χ2n) is 7.37. The minimum atomic E-state index is -0.696. The van der Waals surface area contributed by atoms with Crippen LogP contribution < -0.4 is 16.6 Å². The SMILES string of the molecule is CC(=O)c1ccc(-n2c(=O)c3ccc(Cl)cc3n(CC(=O)NCc3ccccn3)c2=O)cc1. The van der Waals surface area contributed by atoms with Crippen LogP contribution in [0, 0.1) is 0 Å². The summed E-state index contributed by atoms with van der Waals surface area (Å²) in [6.45, 7) is 1.30. The van der Waals surface area contributed by atoms with Crippen LogP contribution in [0.5, 0.6) is 0 Å². The van der Waals surface area contributed by atoms with Crippen molar-refractivity contribution in [2.45, 2.75) is 20.0 Å². The summed E-state index contributed by atoms with van der Waals surface area (Å²) in [6, 6.07) is 16.0. The topological polar surface area (TPSA) is 103 Å². The summed E-state index contributed by atoms with van der Waals surface area (Å²) in [5, 5.41) is 3.28. The van der Waals surface area contributed by atoms with E-state index in [4.69, 9.17) is 11.6 Å². The second-order valence-corrected chi connectivity index (χ2v) is 7.81. The van der Waals surface area contributed by atoms with Crippen LogP contribution >= 0.6 is 11.6 Å². The van der Waals surface area contributed by atoms with Gasteiger partial charge in [-0.3, -0.25) is 23.9 Å². The molecule has 2 aromatic carbocycles. The average Bonchev–Trinajstić information content (AvgIpc) is 2.81. The first-order chi connectivity index (χ1) is 15.8. The van der Waals surface area contributed by atoms with E-state index in [0.29, 0.717) is 16.3 Å². The highest BCUT2D eigenvalue weighted by Gasteiger charge is 2.17. The van der Waals surface area contributed by atoms with Crippen molar-refractivity contribution in [1.29, 1.82) is 0 Å². The average molecular weight is 463 g/mol. The lowest BCUT2D eigenvalue weighted by Crippen LogP contribution is -2.41. The maximum absolute atomic E-state index is 13.4. The fourth-order valence-electron chi connectivity index (χ4n) is 3.46. The standard InChI is InChI=1S/C24H19ClN4O4/c1-15(30)16-5-8-19(9-6-16)29-23(32)20-10-7-17(25)12-21(20)28(24(29)33)14-22(31)27-13-18-4-2-3-11-26-18/h2-12H,13-14H2,1H3,(H,27,31). The number of nitrogens with one attached hydrogen (secondary N) is 1. The first-order valence-corrected chi connectivity index (χ1v) is 10.5. The molecule has 0 saturated carbocycles. The lowest BCUT2D eigenvalue weighted by Gasteiger charge is -2.14. The lowest BCUT2D eigenvalue weighted by molar-refractivity contribution is -0.121. The smallest absolute Gasteiger partial charge is 0.336 e. The molecule has 4 rings (SSSR count). The Morgan fingerprint density at radius 3 is 2.45 bits per heavy atom. The molecule has 2 heterocycles. The molecule has 0 aliphatic heterocycles. The van der Waals surface area contributed by atoms with E-state index in [0.717, 1.165) is 4.57 Å². The minimum Gasteiger partial charge on any atom is -0.349 e. The summed E-state index contributed by atoms with van der Waals surface area (Å²) >= 11 is 6.11. The Labute approximate surface area is 193 Å². The van der Waals surface area contributed by atoms with Gasteiger partial charge in [-0.15, -0.1) is 0 Å². The van der Waals surface area contributed by atoms with Gasteiger partial charge in [-0.25, -0.2) is 9.36 Å². The molecule has 0 aliphatic rings. The largest absolute Gasteiger partial charge is 0.349 e. The third-order valence-electron chi connectivity index (χ3n) is 5.13. The summed E-state index contributed by atoms with van der Waals surface area (Å²) in [4.78, 5) is 54.9. The molecular weight excluding hydrogens is 444 g/mol. The number of carbonyl (C=O) groups excluding carboxylic acids is 2. The molecule has 0 aliphatic carbocycles. The third-order valence-corrected chi connectivity index (χ3v) is 5.37. The van der Waals surface area contributed by atoms with Gasteiger partial charge < -0.3 is 5.32 Å². The molecule has 0 saturated heterocycles. The van der Waals surface area contributed by atoms with Crippen molar-refractivity contribution in [1.82, 2.24) is 19.4 Å². The van der Waals surface area contributed by atoms with E-state index < -0.39 is 17.2 Å². The van der Waals surface area contributed by atoms with Gasteiger partial charge in [0.05, 0.1) is 28.8 Å². The van der Waals surface area contributed by atoms with Crippen molar-refractivity contribution in [3.05, 3.63) is 104 Å². The van der Waals surface area contributed by atoms with E-state index >= 15 is 0 Å². The van der Waals surface area contributed by atoms with Crippen molar-refractivity contribution in [3.8, 4) is 5.69 Å². The fourth-order valence-corrected chi connectivity index (χ4v) is 3.62. The monoisotopic (exact) mass is 462 g/mol. The Hall–Kier alpha value is -4.04. The highest BCUT2D eigenvalue weighted by atomic mass is 35.5. The van der Waals surface area contributed by atoms with Crippen molar-refractivity contribution >= 4 is 34.2 Å². The summed E-state index contributed by atoms with van der Waals surface area (Å²) in [7, 11) is 0. The molecule has 0 unspecified atom stereocenters. The number of pyridine rings is 1. The van der Waals surface area contributed by atoms with E-state index in [1.807, 2.05) is 6.07 Å². The van der Waals surface area contributed by atoms with Gasteiger partial charge in [-0.05, 0) is 61.5 Å². The first-order valence-electron chi connectivity index (χ1n) is 10.1. The molecular formula is C24H19ClN4O4. The number of fused-ring (bicyclic) bond motifs is 1. The number of amides is 1. The molecule has 0 atom stereocenters.